The Hall–Kier alpha value is -3.86. The number of benzene rings is 3. The van der Waals surface area contributed by atoms with Gasteiger partial charge in [-0.05, 0) is 47.3 Å². The van der Waals surface area contributed by atoms with Crippen LogP contribution in [0.5, 0.6) is 5.75 Å². The highest BCUT2D eigenvalue weighted by Crippen LogP contribution is 2.20. The normalized spacial score (nSPS) is 10.7. The second-order valence-corrected chi connectivity index (χ2v) is 7.05. The van der Waals surface area contributed by atoms with Crippen LogP contribution in [0.3, 0.4) is 0 Å². The monoisotopic (exact) mass is 398 g/mol. The predicted octanol–water partition coefficient (Wildman–Crippen LogP) is 4.31. The van der Waals surface area contributed by atoms with Crippen molar-refractivity contribution in [3.05, 3.63) is 106 Å². The van der Waals surface area contributed by atoms with E-state index in [1.807, 2.05) is 84.9 Å². The number of nitrogens with one attached hydrogen (secondary N) is 1. The summed E-state index contributed by atoms with van der Waals surface area (Å²) in [7, 11) is 1.61. The van der Waals surface area contributed by atoms with Gasteiger partial charge in [-0.2, -0.15) is 0 Å². The summed E-state index contributed by atoms with van der Waals surface area (Å²) in [6, 6.07) is 26.3. The molecule has 1 aromatic heterocycles. The van der Waals surface area contributed by atoms with Gasteiger partial charge in [0, 0.05) is 16.8 Å². The molecular weight excluding hydrogens is 376 g/mol. The number of anilines is 1. The van der Waals surface area contributed by atoms with E-state index in [0.29, 0.717) is 5.56 Å². The first kappa shape index (κ1) is 19.5. The predicted molar refractivity (Wildman–Crippen MR) is 119 cm³/mol. The van der Waals surface area contributed by atoms with Crippen molar-refractivity contribution < 1.29 is 9.53 Å². The molecule has 5 heteroatoms. The zero-order valence-corrected chi connectivity index (χ0v) is 16.7. The van der Waals surface area contributed by atoms with Crippen molar-refractivity contribution in [1.29, 1.82) is 0 Å². The first-order valence-corrected chi connectivity index (χ1v) is 9.73. The summed E-state index contributed by atoms with van der Waals surface area (Å²) >= 11 is 0. The molecule has 150 valence electrons. The van der Waals surface area contributed by atoms with Crippen LogP contribution in [0.15, 0.2) is 89.7 Å². The topological polar surface area (TPSA) is 62.4 Å². The van der Waals surface area contributed by atoms with Crippen molar-refractivity contribution in [3.63, 3.8) is 0 Å². The molecule has 30 heavy (non-hydrogen) atoms. The number of ether oxygens (including phenoxy) is 1. The van der Waals surface area contributed by atoms with Gasteiger partial charge >= 0.3 is 0 Å². The molecule has 4 rings (SSSR count). The van der Waals surface area contributed by atoms with Crippen molar-refractivity contribution in [2.24, 2.45) is 0 Å². The summed E-state index contributed by atoms with van der Waals surface area (Å²) in [5.41, 5.74) is 2.77. The molecule has 5 nitrogen and oxygen atoms in total. The summed E-state index contributed by atoms with van der Waals surface area (Å²) in [4.78, 5) is 30.4. The molecule has 0 saturated heterocycles. The van der Waals surface area contributed by atoms with Gasteiger partial charge in [0.25, 0.3) is 5.56 Å². The molecule has 0 spiro atoms. The second-order valence-electron chi connectivity index (χ2n) is 7.05. The molecule has 3 aromatic carbocycles. The first-order chi connectivity index (χ1) is 14.6. The number of pyridine rings is 1. The van der Waals surface area contributed by atoms with Crippen LogP contribution in [0.25, 0.3) is 10.9 Å². The van der Waals surface area contributed by atoms with E-state index in [2.05, 4.69) is 4.98 Å². The summed E-state index contributed by atoms with van der Waals surface area (Å²) in [6.07, 6.45) is 0.227. The van der Waals surface area contributed by atoms with Gasteiger partial charge in [-0.25, -0.2) is 0 Å². The maximum Gasteiger partial charge on any atom is 0.253 e. The van der Waals surface area contributed by atoms with E-state index in [4.69, 9.17) is 4.74 Å². The Labute approximate surface area is 174 Å². The highest BCUT2D eigenvalue weighted by Gasteiger charge is 2.18. The standard InChI is InChI=1S/C25H22N2O3/c1-30-22-13-11-18(12-14-22)15-24(28)27(21-8-3-2-4-9-21)17-20-16-19-7-5-6-10-23(19)26-25(20)29/h2-14,16H,15,17H2,1H3,(H,26,29). The van der Waals surface area contributed by atoms with Crippen molar-refractivity contribution >= 4 is 22.5 Å². The maximum absolute atomic E-state index is 13.2. The summed E-state index contributed by atoms with van der Waals surface area (Å²) in [5, 5.41) is 0.933. The average Bonchev–Trinajstić information content (AvgIpc) is 2.78. The lowest BCUT2D eigenvalue weighted by Crippen LogP contribution is -2.34. The van der Waals surface area contributed by atoms with Gasteiger partial charge < -0.3 is 14.6 Å². The molecule has 1 N–H and O–H groups in total. The van der Waals surface area contributed by atoms with Crippen LogP contribution in [0.2, 0.25) is 0 Å². The minimum Gasteiger partial charge on any atom is -0.497 e. The zero-order valence-electron chi connectivity index (χ0n) is 16.7. The van der Waals surface area contributed by atoms with E-state index in [9.17, 15) is 9.59 Å². The van der Waals surface area contributed by atoms with Gasteiger partial charge in [0.05, 0.1) is 20.1 Å². The largest absolute Gasteiger partial charge is 0.497 e. The number of aromatic nitrogens is 1. The molecule has 0 atom stereocenters. The molecule has 0 aliphatic carbocycles. The Bertz CT molecular complexity index is 1210. The van der Waals surface area contributed by atoms with Crippen LogP contribution in [-0.2, 0) is 17.8 Å². The van der Waals surface area contributed by atoms with Gasteiger partial charge in [0.2, 0.25) is 5.91 Å². The van der Waals surface area contributed by atoms with Crippen LogP contribution in [0, 0.1) is 0 Å². The fraction of sp³-hybridized carbons (Fsp3) is 0.120. The molecule has 4 aromatic rings. The van der Waals surface area contributed by atoms with Crippen LogP contribution >= 0.6 is 0 Å². The molecule has 0 saturated carbocycles. The minimum absolute atomic E-state index is 0.0843. The molecule has 1 amide bonds. The fourth-order valence-corrected chi connectivity index (χ4v) is 3.43. The van der Waals surface area contributed by atoms with Gasteiger partial charge in [-0.15, -0.1) is 0 Å². The van der Waals surface area contributed by atoms with Crippen molar-refractivity contribution in [2.45, 2.75) is 13.0 Å². The SMILES string of the molecule is COc1ccc(CC(=O)N(Cc2cc3ccccc3[nH]c2=O)c2ccccc2)cc1. The first-order valence-electron chi connectivity index (χ1n) is 9.73. The third kappa shape index (κ3) is 4.25. The highest BCUT2D eigenvalue weighted by molar-refractivity contribution is 5.94. The second kappa shape index (κ2) is 8.66. The number of methoxy groups -OCH3 is 1. The van der Waals surface area contributed by atoms with Crippen molar-refractivity contribution in [2.75, 3.05) is 12.0 Å². The summed E-state index contributed by atoms with van der Waals surface area (Å²) < 4.78 is 5.18. The average molecular weight is 398 g/mol. The number of carbonyl (C=O) groups excluding carboxylic acids is 1. The van der Waals surface area contributed by atoms with Gasteiger partial charge in [0.15, 0.2) is 0 Å². The number of carbonyl (C=O) groups is 1. The van der Waals surface area contributed by atoms with Crippen LogP contribution < -0.4 is 15.2 Å². The van der Waals surface area contributed by atoms with E-state index in [-0.39, 0.29) is 24.4 Å². The highest BCUT2D eigenvalue weighted by atomic mass is 16.5. The molecule has 0 fully saturated rings. The van der Waals surface area contributed by atoms with E-state index in [1.54, 1.807) is 12.0 Å². The quantitative estimate of drug-likeness (QED) is 0.526. The maximum atomic E-state index is 13.2. The number of aromatic amines is 1. The molecule has 0 aliphatic heterocycles. The number of nitrogens with zero attached hydrogens (tertiary/aromatic N) is 1. The number of para-hydroxylation sites is 2. The molecule has 0 bridgehead atoms. The lowest BCUT2D eigenvalue weighted by molar-refractivity contribution is -0.118. The van der Waals surface area contributed by atoms with E-state index in [0.717, 1.165) is 27.9 Å². The Morgan fingerprint density at radius 3 is 2.37 bits per heavy atom. The number of hydrogen-bond donors (Lipinski definition) is 1. The Kier molecular flexibility index (Phi) is 5.61. The minimum atomic E-state index is -0.188. The molecule has 0 aliphatic rings. The number of amides is 1. The third-order valence-corrected chi connectivity index (χ3v) is 5.04. The van der Waals surface area contributed by atoms with Gasteiger partial charge in [0.1, 0.15) is 5.75 Å². The molecule has 0 unspecified atom stereocenters. The van der Waals surface area contributed by atoms with E-state index >= 15 is 0 Å². The summed E-state index contributed by atoms with van der Waals surface area (Å²) in [5.74, 6) is 0.660. The van der Waals surface area contributed by atoms with Crippen molar-refractivity contribution in [1.82, 2.24) is 4.98 Å². The Morgan fingerprint density at radius 1 is 0.933 bits per heavy atom. The van der Waals surface area contributed by atoms with Gasteiger partial charge in [-0.1, -0.05) is 48.5 Å². The number of H-pyrrole nitrogens is 1. The molecular formula is C25H22N2O3. The lowest BCUT2D eigenvalue weighted by Gasteiger charge is -2.23. The number of rotatable bonds is 6. The lowest BCUT2D eigenvalue weighted by atomic mass is 10.1. The van der Waals surface area contributed by atoms with Crippen LogP contribution in [0.1, 0.15) is 11.1 Å². The van der Waals surface area contributed by atoms with Crippen LogP contribution in [0.4, 0.5) is 5.69 Å². The third-order valence-electron chi connectivity index (χ3n) is 5.04. The number of hydrogen-bond acceptors (Lipinski definition) is 3. The number of fused-ring (bicyclic) bond motifs is 1. The zero-order chi connectivity index (χ0) is 20.9. The smallest absolute Gasteiger partial charge is 0.253 e. The fourth-order valence-electron chi connectivity index (χ4n) is 3.43. The Balaban J connectivity index is 1.65. The molecule has 1 heterocycles. The van der Waals surface area contributed by atoms with Crippen LogP contribution in [-0.4, -0.2) is 18.0 Å². The van der Waals surface area contributed by atoms with E-state index < -0.39 is 0 Å². The van der Waals surface area contributed by atoms with E-state index in [1.165, 1.54) is 0 Å². The Morgan fingerprint density at radius 2 is 1.63 bits per heavy atom. The van der Waals surface area contributed by atoms with Gasteiger partial charge in [-0.3, -0.25) is 9.59 Å². The summed E-state index contributed by atoms with van der Waals surface area (Å²) in [6.45, 7) is 0.194. The van der Waals surface area contributed by atoms with Crippen molar-refractivity contribution in [3.8, 4) is 5.75 Å². The molecule has 0 radical (unpaired) electrons.